The van der Waals surface area contributed by atoms with E-state index >= 15 is 0 Å². The van der Waals surface area contributed by atoms with Crippen LogP contribution in [0.2, 0.25) is 0 Å². The van der Waals surface area contributed by atoms with E-state index in [0.29, 0.717) is 23.3 Å². The molecule has 142 valence electrons. The van der Waals surface area contributed by atoms with E-state index in [9.17, 15) is 28.1 Å². The van der Waals surface area contributed by atoms with Crippen LogP contribution >= 0.6 is 0 Å². The largest absolute Gasteiger partial charge is 0.341 e. The van der Waals surface area contributed by atoms with Crippen molar-refractivity contribution in [2.75, 3.05) is 0 Å². The molecule has 0 heterocycles. The summed E-state index contributed by atoms with van der Waals surface area (Å²) in [5, 5.41) is 13.3. The minimum atomic E-state index is -1.32. The summed E-state index contributed by atoms with van der Waals surface area (Å²) in [4.78, 5) is 22.2. The van der Waals surface area contributed by atoms with Crippen molar-refractivity contribution >= 4 is 11.6 Å². The molecule has 0 aliphatic carbocycles. The Morgan fingerprint density at radius 2 is 1.50 bits per heavy atom. The lowest BCUT2D eigenvalue weighted by atomic mass is 9.98. The van der Waals surface area contributed by atoms with Gasteiger partial charge >= 0.3 is 5.69 Å². The second-order valence-electron chi connectivity index (χ2n) is 5.91. The van der Waals surface area contributed by atoms with E-state index in [2.05, 4.69) is 5.32 Å². The molecule has 0 unspecified atom stereocenters. The van der Waals surface area contributed by atoms with E-state index < -0.39 is 45.6 Å². The predicted octanol–water partition coefficient (Wildman–Crippen LogP) is 4.53. The fraction of sp³-hybridized carbons (Fsp3) is 0.0500. The third kappa shape index (κ3) is 4.01. The number of hydrogen-bond donors (Lipinski definition) is 1. The van der Waals surface area contributed by atoms with Crippen molar-refractivity contribution in [1.82, 2.24) is 5.32 Å². The number of nitro benzene ring substituents is 1. The standard InChI is InChI=1S/C20H13F3N2O3/c21-14-8-6-13(7-9-14)19(12-4-2-1-3-5-12)24-20(26)15-10-17(23)18(25(27)28)11-16(15)22/h1-11,19H,(H,24,26)/t19-/m1/s1. The molecule has 0 saturated heterocycles. The van der Waals surface area contributed by atoms with E-state index in [0.717, 1.165) is 0 Å². The second-order valence-corrected chi connectivity index (χ2v) is 5.91. The molecular formula is C20H13F3N2O3. The number of nitrogens with zero attached hydrogens (tertiary/aromatic N) is 1. The third-order valence-electron chi connectivity index (χ3n) is 4.09. The normalized spacial score (nSPS) is 11.7. The minimum absolute atomic E-state index is 0.361. The van der Waals surface area contributed by atoms with Gasteiger partial charge in [0, 0.05) is 0 Å². The SMILES string of the molecule is O=C(N[C@H](c1ccccc1)c1ccc(F)cc1)c1cc(F)c([N+](=O)[O-])cc1F. The first-order valence-electron chi connectivity index (χ1n) is 8.11. The molecule has 0 bridgehead atoms. The molecule has 1 N–H and O–H groups in total. The molecule has 3 rings (SSSR count). The zero-order valence-electron chi connectivity index (χ0n) is 14.2. The predicted molar refractivity (Wildman–Crippen MR) is 95.2 cm³/mol. The number of halogens is 3. The van der Waals surface area contributed by atoms with Gasteiger partial charge in [0.15, 0.2) is 0 Å². The maximum Gasteiger partial charge on any atom is 0.307 e. The van der Waals surface area contributed by atoms with E-state index in [-0.39, 0.29) is 0 Å². The van der Waals surface area contributed by atoms with Gasteiger partial charge in [-0.05, 0) is 29.3 Å². The van der Waals surface area contributed by atoms with Crippen LogP contribution in [0.15, 0.2) is 66.7 Å². The summed E-state index contributed by atoms with van der Waals surface area (Å²) < 4.78 is 41.3. The quantitative estimate of drug-likeness (QED) is 0.517. The Morgan fingerprint density at radius 3 is 2.11 bits per heavy atom. The van der Waals surface area contributed by atoms with Gasteiger partial charge in [-0.25, -0.2) is 8.78 Å². The summed E-state index contributed by atoms with van der Waals surface area (Å²) in [6.45, 7) is 0. The first-order valence-corrected chi connectivity index (χ1v) is 8.11. The summed E-state index contributed by atoms with van der Waals surface area (Å²) in [6, 6.07) is 14.0. The number of nitro groups is 1. The topological polar surface area (TPSA) is 72.2 Å². The molecule has 3 aromatic carbocycles. The van der Waals surface area contributed by atoms with Gasteiger partial charge in [-0.2, -0.15) is 4.39 Å². The molecule has 1 atom stereocenters. The molecule has 8 heteroatoms. The van der Waals surface area contributed by atoms with Crippen molar-refractivity contribution in [2.45, 2.75) is 6.04 Å². The summed E-state index contributed by atoms with van der Waals surface area (Å²) in [7, 11) is 0. The Hall–Kier alpha value is -3.68. The lowest BCUT2D eigenvalue weighted by molar-refractivity contribution is -0.387. The molecule has 0 saturated carbocycles. The van der Waals surface area contributed by atoms with Gasteiger partial charge in [-0.15, -0.1) is 0 Å². The third-order valence-corrected chi connectivity index (χ3v) is 4.09. The van der Waals surface area contributed by atoms with Crippen LogP contribution < -0.4 is 5.32 Å². The molecule has 0 spiro atoms. The lowest BCUT2D eigenvalue weighted by Gasteiger charge is -2.20. The van der Waals surface area contributed by atoms with Gasteiger partial charge in [0.1, 0.15) is 11.6 Å². The molecule has 28 heavy (non-hydrogen) atoms. The Kier molecular flexibility index (Phi) is 5.39. The van der Waals surface area contributed by atoms with E-state index in [1.165, 1.54) is 24.3 Å². The zero-order chi connectivity index (χ0) is 20.3. The summed E-state index contributed by atoms with van der Waals surface area (Å²) >= 11 is 0. The first-order chi connectivity index (χ1) is 13.4. The van der Waals surface area contributed by atoms with Gasteiger partial charge in [0.25, 0.3) is 5.91 Å². The summed E-state index contributed by atoms with van der Waals surface area (Å²) in [5.74, 6) is -3.99. The maximum atomic E-state index is 14.2. The van der Waals surface area contributed by atoms with Crippen LogP contribution in [-0.2, 0) is 0 Å². The highest BCUT2D eigenvalue weighted by atomic mass is 19.1. The average Bonchev–Trinajstić information content (AvgIpc) is 2.68. The van der Waals surface area contributed by atoms with Crippen molar-refractivity contribution in [1.29, 1.82) is 0 Å². The molecule has 0 radical (unpaired) electrons. The number of benzene rings is 3. The van der Waals surface area contributed by atoms with Crippen LogP contribution in [-0.4, -0.2) is 10.8 Å². The van der Waals surface area contributed by atoms with E-state index in [1.54, 1.807) is 30.3 Å². The Bertz CT molecular complexity index is 1020. The van der Waals surface area contributed by atoms with Gasteiger partial charge in [-0.3, -0.25) is 14.9 Å². The van der Waals surface area contributed by atoms with Crippen LogP contribution in [0.1, 0.15) is 27.5 Å². The smallest absolute Gasteiger partial charge is 0.307 e. The molecule has 0 aromatic heterocycles. The second kappa shape index (κ2) is 7.91. The van der Waals surface area contributed by atoms with Crippen LogP contribution in [0.5, 0.6) is 0 Å². The summed E-state index contributed by atoms with van der Waals surface area (Å²) in [6.07, 6.45) is 0. The fourth-order valence-electron chi connectivity index (χ4n) is 2.72. The van der Waals surface area contributed by atoms with Crippen molar-refractivity contribution in [3.05, 3.63) is 111 Å². The van der Waals surface area contributed by atoms with Gasteiger partial charge in [-0.1, -0.05) is 42.5 Å². The zero-order valence-corrected chi connectivity index (χ0v) is 14.2. The molecule has 5 nitrogen and oxygen atoms in total. The van der Waals surface area contributed by atoms with E-state index in [1.807, 2.05) is 0 Å². The Labute approximate surface area is 157 Å². The fourth-order valence-corrected chi connectivity index (χ4v) is 2.72. The maximum absolute atomic E-state index is 14.2. The number of carbonyl (C=O) groups is 1. The van der Waals surface area contributed by atoms with Crippen LogP contribution in [0.25, 0.3) is 0 Å². The van der Waals surface area contributed by atoms with Crippen LogP contribution in [0, 0.1) is 27.6 Å². The molecule has 3 aromatic rings. The first kappa shape index (κ1) is 19.1. The van der Waals surface area contributed by atoms with E-state index in [4.69, 9.17) is 0 Å². The Morgan fingerprint density at radius 1 is 0.893 bits per heavy atom. The van der Waals surface area contributed by atoms with Crippen molar-refractivity contribution in [2.24, 2.45) is 0 Å². The number of rotatable bonds is 5. The Balaban J connectivity index is 1.97. The molecular weight excluding hydrogens is 373 g/mol. The van der Waals surface area contributed by atoms with Gasteiger partial charge in [0.05, 0.1) is 22.6 Å². The van der Waals surface area contributed by atoms with Crippen LogP contribution in [0.4, 0.5) is 18.9 Å². The van der Waals surface area contributed by atoms with Crippen molar-refractivity contribution in [3.8, 4) is 0 Å². The van der Waals surface area contributed by atoms with Crippen molar-refractivity contribution < 1.29 is 22.9 Å². The highest BCUT2D eigenvalue weighted by Gasteiger charge is 2.24. The summed E-state index contributed by atoms with van der Waals surface area (Å²) in [5.41, 5.74) is -0.590. The molecule has 0 aliphatic rings. The van der Waals surface area contributed by atoms with Gasteiger partial charge in [0.2, 0.25) is 5.82 Å². The number of amides is 1. The lowest BCUT2D eigenvalue weighted by Crippen LogP contribution is -2.30. The number of carbonyl (C=O) groups excluding carboxylic acids is 1. The molecule has 1 amide bonds. The molecule has 0 fully saturated rings. The minimum Gasteiger partial charge on any atom is -0.341 e. The monoisotopic (exact) mass is 386 g/mol. The van der Waals surface area contributed by atoms with Gasteiger partial charge < -0.3 is 5.32 Å². The number of nitrogens with one attached hydrogen (secondary N) is 1. The highest BCUT2D eigenvalue weighted by molar-refractivity contribution is 5.95. The van der Waals surface area contributed by atoms with Crippen molar-refractivity contribution in [3.63, 3.8) is 0 Å². The average molecular weight is 386 g/mol. The molecule has 0 aliphatic heterocycles. The highest BCUT2D eigenvalue weighted by Crippen LogP contribution is 2.25. The number of hydrogen-bond acceptors (Lipinski definition) is 3. The van der Waals surface area contributed by atoms with Crippen LogP contribution in [0.3, 0.4) is 0 Å².